The lowest BCUT2D eigenvalue weighted by atomic mass is 10.1. The molecule has 31 heavy (non-hydrogen) atoms. The normalized spacial score (nSPS) is 11.8. The van der Waals surface area contributed by atoms with Crippen LogP contribution < -0.4 is 4.31 Å². The maximum absolute atomic E-state index is 13.7. The molecule has 0 aromatic heterocycles. The number of fused-ring (bicyclic) bond motifs is 1. The fourth-order valence-electron chi connectivity index (χ4n) is 3.54. The van der Waals surface area contributed by atoms with Crippen LogP contribution in [-0.2, 0) is 16.4 Å². The van der Waals surface area contributed by atoms with Gasteiger partial charge in [0.2, 0.25) is 0 Å². The molecule has 0 atom stereocenters. The summed E-state index contributed by atoms with van der Waals surface area (Å²) in [4.78, 5) is 0.291. The van der Waals surface area contributed by atoms with Gasteiger partial charge in [0, 0.05) is 0 Å². The van der Waals surface area contributed by atoms with Crippen LogP contribution in [-0.4, -0.2) is 15.0 Å². The number of benzene rings is 4. The highest BCUT2D eigenvalue weighted by atomic mass is 32.2. The predicted molar refractivity (Wildman–Crippen MR) is 130 cm³/mol. The first-order valence-corrected chi connectivity index (χ1v) is 11.8. The van der Waals surface area contributed by atoms with Crippen LogP contribution in [0.5, 0.6) is 0 Å². The first kappa shape index (κ1) is 20.9. The van der Waals surface area contributed by atoms with Gasteiger partial charge in [-0.25, -0.2) is 8.42 Å². The molecule has 0 aliphatic carbocycles. The Balaban J connectivity index is 1.72. The molecule has 0 saturated heterocycles. The quantitative estimate of drug-likeness (QED) is 0.346. The van der Waals surface area contributed by atoms with Gasteiger partial charge in [-0.15, -0.1) is 0 Å². The van der Waals surface area contributed by atoms with Gasteiger partial charge in [-0.2, -0.15) is 0 Å². The molecule has 0 N–H and O–H groups in total. The van der Waals surface area contributed by atoms with E-state index in [4.69, 9.17) is 0 Å². The summed E-state index contributed by atoms with van der Waals surface area (Å²) in [5.74, 6) is 0. The Morgan fingerprint density at radius 2 is 1.45 bits per heavy atom. The second-order valence-electron chi connectivity index (χ2n) is 7.38. The number of hydrogen-bond acceptors (Lipinski definition) is 2. The van der Waals surface area contributed by atoms with Crippen LogP contribution in [0.2, 0.25) is 0 Å². The average Bonchev–Trinajstić information content (AvgIpc) is 2.82. The van der Waals surface area contributed by atoms with Crippen LogP contribution in [0.4, 0.5) is 5.69 Å². The lowest BCUT2D eigenvalue weighted by Crippen LogP contribution is -2.31. The molecular formula is C27H25NO2S. The molecule has 4 aromatic rings. The average molecular weight is 428 g/mol. The van der Waals surface area contributed by atoms with Crippen molar-refractivity contribution in [2.24, 2.45) is 0 Å². The molecule has 156 valence electrons. The minimum absolute atomic E-state index is 0.246. The Labute approximate surface area is 184 Å². The standard InChI is InChI=1S/C27H25NO2S/c1-2-22-14-17-26(18-15-22)28(20-8-11-23-9-4-3-5-10-23)31(29,30)27-19-16-24-12-6-7-13-25(24)21-27/h3-19,21H,2,20H2,1H3/b11-8+. The van der Waals surface area contributed by atoms with Crippen LogP contribution in [0, 0.1) is 0 Å². The number of sulfonamides is 1. The number of aryl methyl sites for hydroxylation is 1. The minimum atomic E-state index is -3.74. The van der Waals surface area contributed by atoms with Crippen molar-refractivity contribution in [3.63, 3.8) is 0 Å². The van der Waals surface area contributed by atoms with Crippen molar-refractivity contribution in [3.05, 3.63) is 114 Å². The van der Waals surface area contributed by atoms with Gasteiger partial charge in [-0.05, 0) is 52.6 Å². The fraction of sp³-hybridized carbons (Fsp3) is 0.111. The highest BCUT2D eigenvalue weighted by Crippen LogP contribution is 2.27. The molecule has 0 bridgehead atoms. The van der Waals surface area contributed by atoms with E-state index in [1.54, 1.807) is 12.1 Å². The number of nitrogens with zero attached hydrogens (tertiary/aromatic N) is 1. The Bertz CT molecular complexity index is 1290. The molecule has 4 aromatic carbocycles. The Morgan fingerprint density at radius 3 is 2.16 bits per heavy atom. The van der Waals surface area contributed by atoms with E-state index >= 15 is 0 Å². The monoisotopic (exact) mass is 427 g/mol. The molecule has 4 heteroatoms. The molecular weight excluding hydrogens is 402 g/mol. The van der Waals surface area contributed by atoms with E-state index in [9.17, 15) is 8.42 Å². The molecule has 3 nitrogen and oxygen atoms in total. The second kappa shape index (κ2) is 9.19. The second-order valence-corrected chi connectivity index (χ2v) is 9.24. The summed E-state index contributed by atoms with van der Waals surface area (Å²) in [6.45, 7) is 2.33. The van der Waals surface area contributed by atoms with E-state index in [1.165, 1.54) is 9.87 Å². The van der Waals surface area contributed by atoms with Gasteiger partial charge in [0.1, 0.15) is 0 Å². The third-order valence-corrected chi connectivity index (χ3v) is 7.11. The zero-order chi connectivity index (χ0) is 21.7. The molecule has 0 saturated carbocycles. The summed E-state index contributed by atoms with van der Waals surface area (Å²) in [5.41, 5.74) is 2.86. The minimum Gasteiger partial charge on any atom is -0.263 e. The van der Waals surface area contributed by atoms with E-state index < -0.39 is 10.0 Å². The lowest BCUT2D eigenvalue weighted by molar-refractivity contribution is 0.593. The number of hydrogen-bond donors (Lipinski definition) is 0. The first-order chi connectivity index (χ1) is 15.1. The van der Waals surface area contributed by atoms with Crippen molar-refractivity contribution in [1.29, 1.82) is 0 Å². The van der Waals surface area contributed by atoms with Gasteiger partial charge in [0.05, 0.1) is 17.1 Å². The largest absolute Gasteiger partial charge is 0.264 e. The van der Waals surface area contributed by atoms with E-state index in [0.717, 1.165) is 22.8 Å². The molecule has 0 aliphatic rings. The maximum Gasteiger partial charge on any atom is 0.264 e. The van der Waals surface area contributed by atoms with Crippen molar-refractivity contribution in [2.75, 3.05) is 10.8 Å². The third kappa shape index (κ3) is 4.70. The first-order valence-electron chi connectivity index (χ1n) is 10.4. The highest BCUT2D eigenvalue weighted by Gasteiger charge is 2.24. The zero-order valence-electron chi connectivity index (χ0n) is 17.5. The topological polar surface area (TPSA) is 37.4 Å². The molecule has 0 heterocycles. The van der Waals surface area contributed by atoms with Crippen LogP contribution in [0.3, 0.4) is 0 Å². The van der Waals surface area contributed by atoms with Gasteiger partial charge in [0.25, 0.3) is 10.0 Å². The van der Waals surface area contributed by atoms with Crippen LogP contribution in [0.25, 0.3) is 16.8 Å². The predicted octanol–water partition coefficient (Wildman–Crippen LogP) is 6.31. The third-order valence-electron chi connectivity index (χ3n) is 5.32. The molecule has 4 rings (SSSR count). The van der Waals surface area contributed by atoms with Gasteiger partial charge < -0.3 is 0 Å². The fourth-order valence-corrected chi connectivity index (χ4v) is 5.00. The van der Waals surface area contributed by atoms with Crippen LogP contribution in [0.15, 0.2) is 108 Å². The summed E-state index contributed by atoms with van der Waals surface area (Å²) >= 11 is 0. The molecule has 0 spiro atoms. The summed E-state index contributed by atoms with van der Waals surface area (Å²) < 4.78 is 28.8. The zero-order valence-corrected chi connectivity index (χ0v) is 18.3. The Kier molecular flexibility index (Phi) is 6.19. The maximum atomic E-state index is 13.7. The van der Waals surface area contributed by atoms with Crippen molar-refractivity contribution < 1.29 is 8.42 Å². The molecule has 0 amide bonds. The van der Waals surface area contributed by atoms with Crippen LogP contribution >= 0.6 is 0 Å². The Morgan fingerprint density at radius 1 is 0.774 bits per heavy atom. The van der Waals surface area contributed by atoms with Crippen molar-refractivity contribution in [3.8, 4) is 0 Å². The summed E-state index contributed by atoms with van der Waals surface area (Å²) in [5, 5.41) is 1.92. The van der Waals surface area contributed by atoms with Crippen molar-refractivity contribution in [2.45, 2.75) is 18.2 Å². The van der Waals surface area contributed by atoms with Crippen molar-refractivity contribution >= 4 is 32.6 Å². The molecule has 0 aliphatic heterocycles. The lowest BCUT2D eigenvalue weighted by Gasteiger charge is -2.24. The van der Waals surface area contributed by atoms with Gasteiger partial charge in [0.15, 0.2) is 0 Å². The van der Waals surface area contributed by atoms with E-state index in [0.29, 0.717) is 10.6 Å². The summed E-state index contributed by atoms with van der Waals surface area (Å²) in [6.07, 6.45) is 4.75. The van der Waals surface area contributed by atoms with E-state index in [2.05, 4.69) is 6.92 Å². The summed E-state index contributed by atoms with van der Waals surface area (Å²) in [6, 6.07) is 30.7. The summed E-state index contributed by atoms with van der Waals surface area (Å²) in [7, 11) is -3.74. The molecule has 0 fully saturated rings. The van der Waals surface area contributed by atoms with Crippen LogP contribution in [0.1, 0.15) is 18.1 Å². The van der Waals surface area contributed by atoms with E-state index in [1.807, 2.05) is 97.1 Å². The molecule has 0 radical (unpaired) electrons. The molecule has 0 unspecified atom stereocenters. The van der Waals surface area contributed by atoms with Gasteiger partial charge in [-0.1, -0.05) is 91.9 Å². The van der Waals surface area contributed by atoms with Crippen molar-refractivity contribution in [1.82, 2.24) is 0 Å². The Hall–Kier alpha value is -3.37. The van der Waals surface area contributed by atoms with Gasteiger partial charge >= 0.3 is 0 Å². The van der Waals surface area contributed by atoms with Gasteiger partial charge in [-0.3, -0.25) is 4.31 Å². The SMILES string of the molecule is CCc1ccc(N(C/C=C/c2ccccc2)S(=O)(=O)c2ccc3ccccc3c2)cc1. The number of rotatable bonds is 7. The smallest absolute Gasteiger partial charge is 0.263 e. The number of anilines is 1. The highest BCUT2D eigenvalue weighted by molar-refractivity contribution is 7.92. The van der Waals surface area contributed by atoms with E-state index in [-0.39, 0.29) is 6.54 Å².